The fraction of sp³-hybridized carbons (Fsp3) is 0.259. The minimum Gasteiger partial charge on any atom is -0.497 e. The molecule has 0 spiro atoms. The third-order valence-electron chi connectivity index (χ3n) is 5.93. The molecule has 0 bridgehead atoms. The van der Waals surface area contributed by atoms with Gasteiger partial charge in [-0.25, -0.2) is 0 Å². The number of benzene rings is 3. The maximum absolute atomic E-state index is 13.1. The molecular weight excluding hydrogens is 432 g/mol. The maximum atomic E-state index is 13.1. The predicted octanol–water partition coefficient (Wildman–Crippen LogP) is 3.77. The molecule has 0 aliphatic carbocycles. The molecule has 3 aromatic carbocycles. The van der Waals surface area contributed by atoms with Crippen molar-refractivity contribution in [3.05, 3.63) is 82.9 Å². The van der Waals surface area contributed by atoms with Crippen LogP contribution in [-0.2, 0) is 24.2 Å². The van der Waals surface area contributed by atoms with Crippen LogP contribution in [0.2, 0.25) is 0 Å². The first kappa shape index (κ1) is 23.2. The summed E-state index contributed by atoms with van der Waals surface area (Å²) in [5, 5.41) is 2.96. The molecule has 1 N–H and O–H groups in total. The summed E-state index contributed by atoms with van der Waals surface area (Å²) in [6.45, 7) is 1.01. The molecule has 2 amide bonds. The van der Waals surface area contributed by atoms with E-state index in [1.165, 1.54) is 0 Å². The summed E-state index contributed by atoms with van der Waals surface area (Å²) in [7, 11) is 4.74. The average molecular weight is 461 g/mol. The minimum absolute atomic E-state index is 0.0453. The molecule has 1 aliphatic heterocycles. The molecule has 1 aliphatic rings. The molecule has 7 heteroatoms. The molecule has 34 heavy (non-hydrogen) atoms. The van der Waals surface area contributed by atoms with Gasteiger partial charge in [0.25, 0.3) is 5.91 Å². The number of rotatable bonds is 8. The van der Waals surface area contributed by atoms with Crippen LogP contribution in [-0.4, -0.2) is 39.7 Å². The van der Waals surface area contributed by atoms with Gasteiger partial charge < -0.3 is 24.4 Å². The van der Waals surface area contributed by atoms with Crippen LogP contribution in [0.4, 0.5) is 5.69 Å². The predicted molar refractivity (Wildman–Crippen MR) is 130 cm³/mol. The van der Waals surface area contributed by atoms with Crippen molar-refractivity contribution in [2.45, 2.75) is 19.4 Å². The topological polar surface area (TPSA) is 77.1 Å². The second-order valence-electron chi connectivity index (χ2n) is 8.04. The Morgan fingerprint density at radius 1 is 0.853 bits per heavy atom. The molecule has 0 radical (unpaired) electrons. The first-order valence-electron chi connectivity index (χ1n) is 11.1. The van der Waals surface area contributed by atoms with Gasteiger partial charge in [0.1, 0.15) is 5.75 Å². The standard InChI is InChI=1S/C27H28N2O5/c1-32-22-9-7-21(8-10-22)27(31)29-13-12-20-6-4-19(14-23(20)29)17-28-26(30)16-18-5-11-24(33-2)25(15-18)34-3/h4-11,14-15H,12-13,16-17H2,1-3H3,(H,28,30). The van der Waals surface area contributed by atoms with E-state index >= 15 is 0 Å². The molecule has 1 heterocycles. The number of carbonyl (C=O) groups is 2. The lowest BCUT2D eigenvalue weighted by Crippen LogP contribution is -2.29. The Kier molecular flexibility index (Phi) is 7.01. The van der Waals surface area contributed by atoms with Crippen LogP contribution in [0.1, 0.15) is 27.0 Å². The molecule has 0 saturated carbocycles. The summed E-state index contributed by atoms with van der Waals surface area (Å²) >= 11 is 0. The molecule has 4 rings (SSSR count). The van der Waals surface area contributed by atoms with Gasteiger partial charge in [0, 0.05) is 24.3 Å². The molecule has 0 fully saturated rings. The van der Waals surface area contributed by atoms with E-state index < -0.39 is 0 Å². The highest BCUT2D eigenvalue weighted by Gasteiger charge is 2.26. The Labute approximate surface area is 199 Å². The van der Waals surface area contributed by atoms with Crippen LogP contribution in [0.3, 0.4) is 0 Å². The van der Waals surface area contributed by atoms with Crippen LogP contribution in [0, 0.1) is 0 Å². The van der Waals surface area contributed by atoms with Crippen molar-refractivity contribution >= 4 is 17.5 Å². The van der Waals surface area contributed by atoms with Crippen molar-refractivity contribution < 1.29 is 23.8 Å². The second kappa shape index (κ2) is 10.3. The number of hydrogen-bond acceptors (Lipinski definition) is 5. The lowest BCUT2D eigenvalue weighted by molar-refractivity contribution is -0.120. The number of anilines is 1. The third kappa shape index (κ3) is 4.98. The van der Waals surface area contributed by atoms with E-state index in [2.05, 4.69) is 5.32 Å². The molecule has 0 atom stereocenters. The van der Waals surface area contributed by atoms with Crippen molar-refractivity contribution in [1.29, 1.82) is 0 Å². The zero-order chi connectivity index (χ0) is 24.1. The summed E-state index contributed by atoms with van der Waals surface area (Å²) < 4.78 is 15.7. The van der Waals surface area contributed by atoms with E-state index in [1.54, 1.807) is 62.6 Å². The van der Waals surface area contributed by atoms with E-state index in [-0.39, 0.29) is 18.2 Å². The van der Waals surface area contributed by atoms with Gasteiger partial charge in [0.2, 0.25) is 5.91 Å². The van der Waals surface area contributed by atoms with Gasteiger partial charge >= 0.3 is 0 Å². The van der Waals surface area contributed by atoms with Gasteiger partial charge in [-0.2, -0.15) is 0 Å². The van der Waals surface area contributed by atoms with Gasteiger partial charge in [-0.05, 0) is 65.6 Å². The average Bonchev–Trinajstić information content (AvgIpc) is 3.30. The molecular formula is C27H28N2O5. The van der Waals surface area contributed by atoms with Gasteiger partial charge in [0.15, 0.2) is 11.5 Å². The quantitative estimate of drug-likeness (QED) is 0.554. The van der Waals surface area contributed by atoms with E-state index in [1.807, 2.05) is 24.3 Å². The van der Waals surface area contributed by atoms with Crippen molar-refractivity contribution in [1.82, 2.24) is 5.32 Å². The van der Waals surface area contributed by atoms with E-state index in [9.17, 15) is 9.59 Å². The Morgan fingerprint density at radius 2 is 1.59 bits per heavy atom. The number of hydrogen-bond donors (Lipinski definition) is 1. The minimum atomic E-state index is -0.0983. The molecule has 0 unspecified atom stereocenters. The second-order valence-corrected chi connectivity index (χ2v) is 8.04. The highest BCUT2D eigenvalue weighted by atomic mass is 16.5. The van der Waals surface area contributed by atoms with Crippen molar-refractivity contribution in [2.24, 2.45) is 0 Å². The number of carbonyl (C=O) groups excluding carboxylic acids is 2. The van der Waals surface area contributed by atoms with Gasteiger partial charge in [-0.3, -0.25) is 9.59 Å². The number of nitrogens with one attached hydrogen (secondary N) is 1. The largest absolute Gasteiger partial charge is 0.497 e. The lowest BCUT2D eigenvalue weighted by Gasteiger charge is -2.18. The van der Waals surface area contributed by atoms with Crippen LogP contribution in [0.5, 0.6) is 17.2 Å². The zero-order valence-corrected chi connectivity index (χ0v) is 19.6. The Balaban J connectivity index is 1.41. The first-order chi connectivity index (χ1) is 16.5. The van der Waals surface area contributed by atoms with E-state index in [4.69, 9.17) is 14.2 Å². The van der Waals surface area contributed by atoms with E-state index in [0.29, 0.717) is 35.9 Å². The summed E-state index contributed by atoms with van der Waals surface area (Å²) in [4.78, 5) is 27.4. The smallest absolute Gasteiger partial charge is 0.258 e. The SMILES string of the molecule is COc1ccc(C(=O)N2CCc3ccc(CNC(=O)Cc4ccc(OC)c(OC)c4)cc32)cc1. The van der Waals surface area contributed by atoms with E-state index in [0.717, 1.165) is 28.8 Å². The number of nitrogens with zero attached hydrogens (tertiary/aromatic N) is 1. The van der Waals surface area contributed by atoms with Crippen molar-refractivity contribution in [3.8, 4) is 17.2 Å². The van der Waals surface area contributed by atoms with Crippen LogP contribution < -0.4 is 24.4 Å². The number of amides is 2. The Morgan fingerprint density at radius 3 is 2.29 bits per heavy atom. The van der Waals surface area contributed by atoms with Crippen LogP contribution in [0.25, 0.3) is 0 Å². The molecule has 176 valence electrons. The summed E-state index contributed by atoms with van der Waals surface area (Å²) in [5.41, 5.74) is 4.41. The highest BCUT2D eigenvalue weighted by molar-refractivity contribution is 6.07. The normalized spacial score (nSPS) is 12.1. The maximum Gasteiger partial charge on any atom is 0.258 e. The zero-order valence-electron chi connectivity index (χ0n) is 19.6. The third-order valence-corrected chi connectivity index (χ3v) is 5.93. The fourth-order valence-electron chi connectivity index (χ4n) is 4.07. The summed E-state index contributed by atoms with van der Waals surface area (Å²) in [5.74, 6) is 1.78. The van der Waals surface area contributed by atoms with Crippen LogP contribution >= 0.6 is 0 Å². The fourth-order valence-corrected chi connectivity index (χ4v) is 4.07. The number of fused-ring (bicyclic) bond motifs is 1. The van der Waals surface area contributed by atoms with Crippen LogP contribution in [0.15, 0.2) is 60.7 Å². The lowest BCUT2D eigenvalue weighted by atomic mass is 10.1. The summed E-state index contributed by atoms with van der Waals surface area (Å²) in [6, 6.07) is 18.6. The number of ether oxygens (including phenoxy) is 3. The van der Waals surface area contributed by atoms with Crippen molar-refractivity contribution in [2.75, 3.05) is 32.8 Å². The molecule has 7 nitrogen and oxygen atoms in total. The highest BCUT2D eigenvalue weighted by Crippen LogP contribution is 2.31. The molecule has 0 saturated heterocycles. The molecule has 0 aromatic heterocycles. The van der Waals surface area contributed by atoms with Crippen molar-refractivity contribution in [3.63, 3.8) is 0 Å². The Bertz CT molecular complexity index is 1190. The first-order valence-corrected chi connectivity index (χ1v) is 11.1. The van der Waals surface area contributed by atoms with Gasteiger partial charge in [-0.15, -0.1) is 0 Å². The number of methoxy groups -OCH3 is 3. The van der Waals surface area contributed by atoms with Gasteiger partial charge in [-0.1, -0.05) is 18.2 Å². The monoisotopic (exact) mass is 460 g/mol. The summed E-state index contributed by atoms with van der Waals surface area (Å²) in [6.07, 6.45) is 1.04. The Hall–Kier alpha value is -4.00. The van der Waals surface area contributed by atoms with Gasteiger partial charge in [0.05, 0.1) is 27.8 Å². The molecule has 3 aromatic rings.